The van der Waals surface area contributed by atoms with Crippen LogP contribution in [0.2, 0.25) is 0 Å². The number of carbonyl (C=O) groups excluding carboxylic acids is 1. The minimum absolute atomic E-state index is 0.142. The number of likely N-dealkylation sites (tertiary alicyclic amines) is 2. The standard InChI is InChI=1S/C20H26N4O2S/c25-18(23-11-7-14(8-12-23)22-9-2-1-3-10-22)15-13-21-20-24(19(15)26)16-5-4-6-17(16)27-20/h13-14H,1-12H2. The normalized spacial score (nSPS) is 21.7. The summed E-state index contributed by atoms with van der Waals surface area (Å²) in [7, 11) is 0. The number of amides is 1. The molecule has 0 saturated carbocycles. The van der Waals surface area contributed by atoms with Crippen LogP contribution in [0, 0.1) is 0 Å². The molecule has 0 N–H and O–H groups in total. The second kappa shape index (κ2) is 7.02. The molecule has 2 saturated heterocycles. The highest BCUT2D eigenvalue weighted by molar-refractivity contribution is 7.17. The van der Waals surface area contributed by atoms with Crippen LogP contribution in [0.25, 0.3) is 4.96 Å². The first-order valence-corrected chi connectivity index (χ1v) is 11.1. The van der Waals surface area contributed by atoms with Gasteiger partial charge >= 0.3 is 0 Å². The van der Waals surface area contributed by atoms with Gasteiger partial charge in [-0.1, -0.05) is 6.42 Å². The van der Waals surface area contributed by atoms with Gasteiger partial charge < -0.3 is 9.80 Å². The lowest BCUT2D eigenvalue weighted by Crippen LogP contribution is -2.48. The Hall–Kier alpha value is -1.73. The molecule has 5 rings (SSSR count). The molecule has 2 aromatic rings. The van der Waals surface area contributed by atoms with Gasteiger partial charge in [0.1, 0.15) is 5.56 Å². The van der Waals surface area contributed by atoms with E-state index in [0.717, 1.165) is 55.8 Å². The molecule has 6 nitrogen and oxygen atoms in total. The van der Waals surface area contributed by atoms with E-state index in [0.29, 0.717) is 6.04 Å². The number of piperidine rings is 2. The van der Waals surface area contributed by atoms with Gasteiger partial charge in [-0.25, -0.2) is 4.98 Å². The lowest BCUT2D eigenvalue weighted by atomic mass is 9.99. The van der Waals surface area contributed by atoms with Gasteiger partial charge in [-0.05, 0) is 58.0 Å². The number of fused-ring (bicyclic) bond motifs is 3. The average Bonchev–Trinajstić information content (AvgIpc) is 3.30. The van der Waals surface area contributed by atoms with Gasteiger partial charge in [0.15, 0.2) is 4.96 Å². The van der Waals surface area contributed by atoms with Crippen LogP contribution >= 0.6 is 11.3 Å². The molecule has 27 heavy (non-hydrogen) atoms. The Morgan fingerprint density at radius 3 is 2.59 bits per heavy atom. The van der Waals surface area contributed by atoms with Crippen LogP contribution in [-0.2, 0) is 12.8 Å². The first-order valence-electron chi connectivity index (χ1n) is 10.3. The Morgan fingerprint density at radius 2 is 1.81 bits per heavy atom. The predicted molar refractivity (Wildman–Crippen MR) is 106 cm³/mol. The molecule has 3 aliphatic rings. The summed E-state index contributed by atoms with van der Waals surface area (Å²) < 4.78 is 1.70. The van der Waals surface area contributed by atoms with Gasteiger partial charge in [-0.3, -0.25) is 14.0 Å². The van der Waals surface area contributed by atoms with E-state index >= 15 is 0 Å². The first-order chi connectivity index (χ1) is 13.2. The molecule has 1 aliphatic carbocycles. The van der Waals surface area contributed by atoms with Gasteiger partial charge in [0.2, 0.25) is 0 Å². The summed E-state index contributed by atoms with van der Waals surface area (Å²) in [5, 5.41) is 0. The van der Waals surface area contributed by atoms with Crippen molar-refractivity contribution in [3.05, 3.63) is 32.7 Å². The lowest BCUT2D eigenvalue weighted by molar-refractivity contribution is 0.0588. The largest absolute Gasteiger partial charge is 0.338 e. The van der Waals surface area contributed by atoms with Crippen LogP contribution in [0.1, 0.15) is 59.5 Å². The predicted octanol–water partition coefficient (Wildman–Crippen LogP) is 2.34. The summed E-state index contributed by atoms with van der Waals surface area (Å²) in [5.74, 6) is -0.142. The highest BCUT2D eigenvalue weighted by Crippen LogP contribution is 2.29. The zero-order valence-electron chi connectivity index (χ0n) is 15.7. The van der Waals surface area contributed by atoms with Crippen molar-refractivity contribution in [1.29, 1.82) is 0 Å². The monoisotopic (exact) mass is 386 g/mol. The number of hydrogen-bond donors (Lipinski definition) is 0. The van der Waals surface area contributed by atoms with Crippen LogP contribution < -0.4 is 5.56 Å². The Labute approximate surface area is 162 Å². The van der Waals surface area contributed by atoms with Crippen LogP contribution in [0.5, 0.6) is 0 Å². The number of carbonyl (C=O) groups is 1. The summed E-state index contributed by atoms with van der Waals surface area (Å²) in [6, 6.07) is 0.594. The summed E-state index contributed by atoms with van der Waals surface area (Å²) >= 11 is 1.59. The van der Waals surface area contributed by atoms with Crippen molar-refractivity contribution >= 4 is 22.2 Å². The van der Waals surface area contributed by atoms with Crippen molar-refractivity contribution in [2.45, 2.75) is 57.4 Å². The Kier molecular flexibility index (Phi) is 4.52. The summed E-state index contributed by atoms with van der Waals surface area (Å²) in [6.07, 6.45) is 10.5. The van der Waals surface area contributed by atoms with Crippen molar-refractivity contribution < 1.29 is 4.79 Å². The van der Waals surface area contributed by atoms with E-state index in [-0.39, 0.29) is 17.0 Å². The summed E-state index contributed by atoms with van der Waals surface area (Å²) in [5.41, 5.74) is 1.13. The maximum Gasteiger partial charge on any atom is 0.271 e. The van der Waals surface area contributed by atoms with Crippen LogP contribution in [0.15, 0.2) is 11.0 Å². The first kappa shape index (κ1) is 17.4. The number of thiazole rings is 1. The van der Waals surface area contributed by atoms with Crippen molar-refractivity contribution in [3.63, 3.8) is 0 Å². The van der Waals surface area contributed by atoms with Crippen molar-refractivity contribution in [2.24, 2.45) is 0 Å². The van der Waals surface area contributed by atoms with Crippen LogP contribution in [-0.4, -0.2) is 57.3 Å². The fourth-order valence-corrected chi connectivity index (χ4v) is 6.11. The molecule has 2 fully saturated rings. The summed E-state index contributed by atoms with van der Waals surface area (Å²) in [6.45, 7) is 3.88. The van der Waals surface area contributed by atoms with E-state index in [1.54, 1.807) is 15.7 Å². The molecular weight excluding hydrogens is 360 g/mol. The molecule has 2 aromatic heterocycles. The number of hydrogen-bond acceptors (Lipinski definition) is 5. The zero-order valence-corrected chi connectivity index (χ0v) is 16.5. The lowest BCUT2D eigenvalue weighted by Gasteiger charge is -2.40. The maximum atomic E-state index is 13.0. The molecule has 0 unspecified atom stereocenters. The minimum Gasteiger partial charge on any atom is -0.338 e. The van der Waals surface area contributed by atoms with Crippen molar-refractivity contribution in [2.75, 3.05) is 26.2 Å². The van der Waals surface area contributed by atoms with Gasteiger partial charge in [0, 0.05) is 35.9 Å². The zero-order chi connectivity index (χ0) is 18.4. The highest BCUT2D eigenvalue weighted by Gasteiger charge is 2.30. The number of nitrogens with zero attached hydrogens (tertiary/aromatic N) is 4. The topological polar surface area (TPSA) is 57.9 Å². The number of aromatic nitrogens is 2. The van der Waals surface area contributed by atoms with Crippen LogP contribution in [0.3, 0.4) is 0 Å². The molecule has 2 aliphatic heterocycles. The third kappa shape index (κ3) is 3.01. The molecule has 0 spiro atoms. The maximum absolute atomic E-state index is 13.0. The van der Waals surface area contributed by atoms with Gasteiger partial charge in [-0.15, -0.1) is 11.3 Å². The van der Waals surface area contributed by atoms with E-state index in [9.17, 15) is 9.59 Å². The second-order valence-corrected chi connectivity index (χ2v) is 9.10. The van der Waals surface area contributed by atoms with Gasteiger partial charge in [0.05, 0.1) is 0 Å². The van der Waals surface area contributed by atoms with E-state index in [4.69, 9.17) is 0 Å². The molecule has 4 heterocycles. The van der Waals surface area contributed by atoms with Gasteiger partial charge in [-0.2, -0.15) is 0 Å². The average molecular weight is 387 g/mol. The van der Waals surface area contributed by atoms with E-state index < -0.39 is 0 Å². The molecule has 1 amide bonds. The summed E-state index contributed by atoms with van der Waals surface area (Å²) in [4.78, 5) is 36.9. The molecule has 0 aromatic carbocycles. The molecule has 144 valence electrons. The SMILES string of the molecule is O=C(c1cnc2sc3c(n2c1=O)CCC3)N1CCC(N2CCCCC2)CC1. The number of aryl methyl sites for hydroxylation is 2. The smallest absolute Gasteiger partial charge is 0.271 e. The third-order valence-electron chi connectivity index (χ3n) is 6.44. The number of rotatable bonds is 2. The van der Waals surface area contributed by atoms with Crippen molar-refractivity contribution in [1.82, 2.24) is 19.2 Å². The fourth-order valence-electron chi connectivity index (χ4n) is 4.94. The Balaban J connectivity index is 1.34. The molecule has 0 atom stereocenters. The van der Waals surface area contributed by atoms with Crippen LogP contribution in [0.4, 0.5) is 0 Å². The second-order valence-electron chi connectivity index (χ2n) is 8.04. The highest BCUT2D eigenvalue weighted by atomic mass is 32.1. The van der Waals surface area contributed by atoms with Crippen molar-refractivity contribution in [3.8, 4) is 0 Å². The molecular formula is C20H26N4O2S. The fraction of sp³-hybridized carbons (Fsp3) is 0.650. The minimum atomic E-state index is -0.178. The van der Waals surface area contributed by atoms with E-state index in [1.165, 1.54) is 43.4 Å². The molecule has 0 radical (unpaired) electrons. The Morgan fingerprint density at radius 1 is 1.04 bits per heavy atom. The molecule has 7 heteroatoms. The quantitative estimate of drug-likeness (QED) is 0.795. The Bertz CT molecular complexity index is 920. The third-order valence-corrected chi connectivity index (χ3v) is 7.60. The van der Waals surface area contributed by atoms with Gasteiger partial charge in [0.25, 0.3) is 11.5 Å². The molecule has 0 bridgehead atoms. The van der Waals surface area contributed by atoms with E-state index in [1.807, 2.05) is 4.90 Å². The van der Waals surface area contributed by atoms with E-state index in [2.05, 4.69) is 9.88 Å².